The summed E-state index contributed by atoms with van der Waals surface area (Å²) in [6.45, 7) is 5.81. The molecule has 1 aliphatic carbocycles. The van der Waals surface area contributed by atoms with Gasteiger partial charge in [-0.3, -0.25) is 10.00 Å². The highest BCUT2D eigenvalue weighted by atomic mass is 15.2. The molecule has 4 nitrogen and oxygen atoms in total. The second-order valence-corrected chi connectivity index (χ2v) is 8.16. The Bertz CT molecular complexity index is 951. The fourth-order valence-electron chi connectivity index (χ4n) is 4.61. The molecule has 1 fully saturated rings. The van der Waals surface area contributed by atoms with Gasteiger partial charge in [0.05, 0.1) is 11.4 Å². The van der Waals surface area contributed by atoms with Gasteiger partial charge in [0.2, 0.25) is 0 Å². The van der Waals surface area contributed by atoms with Crippen LogP contribution in [0.15, 0.2) is 48.5 Å². The molecule has 0 radical (unpaired) electrons. The maximum Gasteiger partial charge on any atom is 0.0962 e. The highest BCUT2D eigenvalue weighted by Crippen LogP contribution is 2.39. The van der Waals surface area contributed by atoms with E-state index in [1.807, 2.05) is 0 Å². The number of piperidine rings is 1. The summed E-state index contributed by atoms with van der Waals surface area (Å²) < 4.78 is 0. The summed E-state index contributed by atoms with van der Waals surface area (Å²) in [6, 6.07) is 17.9. The molecule has 144 valence electrons. The number of rotatable bonds is 5. The Morgan fingerprint density at radius 2 is 1.82 bits per heavy atom. The van der Waals surface area contributed by atoms with Crippen molar-refractivity contribution in [2.75, 3.05) is 25.0 Å². The summed E-state index contributed by atoms with van der Waals surface area (Å²) in [7, 11) is 0. The second-order valence-electron chi connectivity index (χ2n) is 8.16. The maximum absolute atomic E-state index is 4.62. The van der Waals surface area contributed by atoms with Crippen molar-refractivity contribution in [2.45, 2.75) is 38.6 Å². The summed E-state index contributed by atoms with van der Waals surface area (Å²) in [4.78, 5) is 2.61. The number of benzene rings is 2. The maximum atomic E-state index is 4.62. The van der Waals surface area contributed by atoms with Crippen LogP contribution < -0.4 is 5.32 Å². The smallest absolute Gasteiger partial charge is 0.0962 e. The number of aromatic amines is 1. The van der Waals surface area contributed by atoms with Gasteiger partial charge in [-0.05, 0) is 50.6 Å². The Kier molecular flexibility index (Phi) is 4.65. The normalized spacial score (nSPS) is 17.2. The van der Waals surface area contributed by atoms with Gasteiger partial charge in [0.15, 0.2) is 0 Å². The van der Waals surface area contributed by atoms with Gasteiger partial charge in [0.1, 0.15) is 0 Å². The van der Waals surface area contributed by atoms with Crippen LogP contribution in [0.3, 0.4) is 0 Å². The molecule has 2 heterocycles. The van der Waals surface area contributed by atoms with Crippen LogP contribution in [0.1, 0.15) is 37.3 Å². The number of hydrogen-bond donors (Lipinski definition) is 2. The number of aromatic nitrogens is 2. The monoisotopic (exact) mass is 372 g/mol. The number of fused-ring (bicyclic) bond motifs is 3. The molecule has 0 bridgehead atoms. The van der Waals surface area contributed by atoms with Crippen LogP contribution in [-0.4, -0.2) is 40.8 Å². The van der Waals surface area contributed by atoms with E-state index in [0.717, 1.165) is 18.7 Å². The van der Waals surface area contributed by atoms with Gasteiger partial charge in [-0.1, -0.05) is 42.8 Å². The molecule has 0 saturated carbocycles. The fraction of sp³-hybridized carbons (Fsp3) is 0.375. The molecule has 2 aromatic carbocycles. The zero-order valence-electron chi connectivity index (χ0n) is 16.5. The summed E-state index contributed by atoms with van der Waals surface area (Å²) in [5, 5.41) is 11.5. The predicted octanol–water partition coefficient (Wildman–Crippen LogP) is 4.93. The molecule has 1 saturated heterocycles. The Hall–Kier alpha value is -2.59. The summed E-state index contributed by atoms with van der Waals surface area (Å²) >= 11 is 0. The first-order chi connectivity index (χ1) is 13.8. The first kappa shape index (κ1) is 17.5. The highest BCUT2D eigenvalue weighted by molar-refractivity contribution is 5.81. The molecule has 5 rings (SSSR count). The van der Waals surface area contributed by atoms with Gasteiger partial charge in [-0.15, -0.1) is 0 Å². The van der Waals surface area contributed by atoms with E-state index in [0.29, 0.717) is 6.04 Å². The lowest BCUT2D eigenvalue weighted by Gasteiger charge is -2.32. The van der Waals surface area contributed by atoms with E-state index in [-0.39, 0.29) is 0 Å². The number of nitrogens with one attached hydrogen (secondary N) is 2. The van der Waals surface area contributed by atoms with Gasteiger partial charge >= 0.3 is 0 Å². The van der Waals surface area contributed by atoms with Crippen LogP contribution in [0, 0.1) is 0 Å². The number of H-pyrrole nitrogens is 1. The number of nitrogens with zero attached hydrogens (tertiary/aromatic N) is 2. The van der Waals surface area contributed by atoms with Gasteiger partial charge < -0.3 is 5.32 Å². The molecule has 4 heteroatoms. The molecule has 1 aliphatic heterocycles. The summed E-state index contributed by atoms with van der Waals surface area (Å²) in [5.41, 5.74) is 8.63. The summed E-state index contributed by atoms with van der Waals surface area (Å²) in [6.07, 6.45) is 5.04. The lowest BCUT2D eigenvalue weighted by atomic mass is 10.0. The second kappa shape index (κ2) is 7.44. The van der Waals surface area contributed by atoms with Gasteiger partial charge in [-0.2, -0.15) is 5.10 Å². The molecule has 2 aliphatic rings. The number of anilines is 1. The Balaban J connectivity index is 1.27. The van der Waals surface area contributed by atoms with Crippen molar-refractivity contribution >= 4 is 5.69 Å². The fourth-order valence-corrected chi connectivity index (χ4v) is 4.61. The molecule has 0 spiro atoms. The lowest BCUT2D eigenvalue weighted by molar-refractivity contribution is 0.180. The zero-order chi connectivity index (χ0) is 18.9. The molecular weight excluding hydrogens is 344 g/mol. The minimum atomic E-state index is 0.577. The standard InChI is InChI=1S/C24H28N4/c1-17(28-13-5-2-6-14-28)16-25-20-11-9-18(10-12-20)23-22-15-19-7-3-4-8-21(19)24(22)27-26-23/h3-4,7-12,17,25H,2,5-6,13-16H2,1H3,(H,26,27). The largest absolute Gasteiger partial charge is 0.383 e. The average Bonchev–Trinajstić information content (AvgIpc) is 3.32. The number of hydrogen-bond acceptors (Lipinski definition) is 3. The van der Waals surface area contributed by atoms with Gasteiger partial charge in [-0.25, -0.2) is 0 Å². The van der Waals surface area contributed by atoms with E-state index in [9.17, 15) is 0 Å². The van der Waals surface area contributed by atoms with Crippen molar-refractivity contribution in [1.29, 1.82) is 0 Å². The van der Waals surface area contributed by atoms with E-state index in [1.54, 1.807) is 0 Å². The lowest BCUT2D eigenvalue weighted by Crippen LogP contribution is -2.41. The van der Waals surface area contributed by atoms with Gasteiger partial charge in [0, 0.05) is 41.4 Å². The molecule has 28 heavy (non-hydrogen) atoms. The van der Waals surface area contributed by atoms with E-state index >= 15 is 0 Å². The molecule has 1 aromatic heterocycles. The first-order valence-electron chi connectivity index (χ1n) is 10.5. The minimum absolute atomic E-state index is 0.577. The van der Waals surface area contributed by atoms with Crippen molar-refractivity contribution in [3.8, 4) is 22.5 Å². The van der Waals surface area contributed by atoms with Gasteiger partial charge in [0.25, 0.3) is 0 Å². The Labute approximate surface area is 167 Å². The third-order valence-corrected chi connectivity index (χ3v) is 6.29. The quantitative estimate of drug-likeness (QED) is 0.522. The van der Waals surface area contributed by atoms with E-state index in [1.165, 1.54) is 66.0 Å². The van der Waals surface area contributed by atoms with Crippen LogP contribution in [0.2, 0.25) is 0 Å². The van der Waals surface area contributed by atoms with Crippen LogP contribution in [-0.2, 0) is 6.42 Å². The van der Waals surface area contributed by atoms with Crippen molar-refractivity contribution in [2.24, 2.45) is 0 Å². The first-order valence-corrected chi connectivity index (χ1v) is 10.5. The van der Waals surface area contributed by atoms with Crippen LogP contribution in [0.25, 0.3) is 22.5 Å². The molecular formula is C24H28N4. The van der Waals surface area contributed by atoms with Crippen molar-refractivity contribution in [3.63, 3.8) is 0 Å². The average molecular weight is 373 g/mol. The van der Waals surface area contributed by atoms with E-state index in [4.69, 9.17) is 0 Å². The van der Waals surface area contributed by atoms with Crippen LogP contribution in [0.5, 0.6) is 0 Å². The number of likely N-dealkylation sites (tertiary alicyclic amines) is 1. The van der Waals surface area contributed by atoms with Crippen molar-refractivity contribution < 1.29 is 0 Å². The van der Waals surface area contributed by atoms with Crippen molar-refractivity contribution in [1.82, 2.24) is 15.1 Å². The molecule has 0 amide bonds. The molecule has 1 unspecified atom stereocenters. The zero-order valence-corrected chi connectivity index (χ0v) is 16.5. The Morgan fingerprint density at radius 1 is 1.04 bits per heavy atom. The van der Waals surface area contributed by atoms with E-state index < -0.39 is 0 Å². The molecule has 3 aromatic rings. The third-order valence-electron chi connectivity index (χ3n) is 6.29. The topological polar surface area (TPSA) is 44.0 Å². The summed E-state index contributed by atoms with van der Waals surface area (Å²) in [5.74, 6) is 0. The van der Waals surface area contributed by atoms with E-state index in [2.05, 4.69) is 75.9 Å². The predicted molar refractivity (Wildman–Crippen MR) is 116 cm³/mol. The SMILES string of the molecule is CC(CNc1ccc(-c2n[nH]c3c2Cc2ccccc2-3)cc1)N1CCCCC1. The third kappa shape index (κ3) is 3.22. The minimum Gasteiger partial charge on any atom is -0.383 e. The Morgan fingerprint density at radius 3 is 2.64 bits per heavy atom. The highest BCUT2D eigenvalue weighted by Gasteiger charge is 2.24. The van der Waals surface area contributed by atoms with Crippen LogP contribution >= 0.6 is 0 Å². The van der Waals surface area contributed by atoms with Crippen molar-refractivity contribution in [3.05, 3.63) is 59.7 Å². The van der Waals surface area contributed by atoms with Crippen LogP contribution in [0.4, 0.5) is 5.69 Å². The molecule has 1 atom stereocenters. The molecule has 2 N–H and O–H groups in total.